The third-order valence-corrected chi connectivity index (χ3v) is 5.46. The second-order valence-electron chi connectivity index (χ2n) is 5.72. The molecule has 1 aromatic carbocycles. The Balaban J connectivity index is 1.82. The molecule has 0 saturated heterocycles. The lowest BCUT2D eigenvalue weighted by molar-refractivity contribution is 0.0243. The second kappa shape index (κ2) is 5.49. The summed E-state index contributed by atoms with van der Waals surface area (Å²) in [6, 6.07) is 7.65. The number of fused-ring (bicyclic) bond motifs is 1. The van der Waals surface area contributed by atoms with E-state index in [-0.39, 0.29) is 11.4 Å². The first kappa shape index (κ1) is 15.2. The number of sulfonamides is 1. The minimum Gasteiger partial charge on any atom is -0.384 e. The molecule has 0 radical (unpaired) electrons. The zero-order valence-electron chi connectivity index (χ0n) is 12.4. The molecule has 1 aliphatic rings. The lowest BCUT2D eigenvalue weighted by atomic mass is 9.79. The molecule has 7 heteroatoms. The van der Waals surface area contributed by atoms with Crippen LogP contribution in [0.1, 0.15) is 24.0 Å². The summed E-state index contributed by atoms with van der Waals surface area (Å²) < 4.78 is 28.5. The van der Waals surface area contributed by atoms with E-state index in [0.717, 1.165) is 24.0 Å². The molecule has 2 aromatic rings. The molecule has 0 spiro atoms. The van der Waals surface area contributed by atoms with Crippen molar-refractivity contribution >= 4 is 10.0 Å². The highest BCUT2D eigenvalue weighted by Gasteiger charge is 2.35. The Labute approximate surface area is 129 Å². The molecule has 2 N–H and O–H groups in total. The molecular weight excluding hydrogens is 302 g/mol. The van der Waals surface area contributed by atoms with Gasteiger partial charge in [-0.3, -0.25) is 4.68 Å². The zero-order valence-corrected chi connectivity index (χ0v) is 13.2. The van der Waals surface area contributed by atoms with Gasteiger partial charge in [0, 0.05) is 19.8 Å². The van der Waals surface area contributed by atoms with Gasteiger partial charge >= 0.3 is 0 Å². The third kappa shape index (κ3) is 2.79. The number of aryl methyl sites for hydroxylation is 2. The number of aliphatic hydroxyl groups is 1. The van der Waals surface area contributed by atoms with E-state index in [0.29, 0.717) is 6.42 Å². The van der Waals surface area contributed by atoms with Crippen LogP contribution in [-0.2, 0) is 29.1 Å². The van der Waals surface area contributed by atoms with Crippen LogP contribution < -0.4 is 4.72 Å². The summed E-state index contributed by atoms with van der Waals surface area (Å²) in [7, 11) is -2.02. The van der Waals surface area contributed by atoms with Crippen molar-refractivity contribution in [3.05, 3.63) is 47.8 Å². The van der Waals surface area contributed by atoms with E-state index < -0.39 is 15.6 Å². The van der Waals surface area contributed by atoms with Crippen LogP contribution in [0.25, 0.3) is 0 Å². The summed E-state index contributed by atoms with van der Waals surface area (Å²) in [4.78, 5) is 0.0997. The molecule has 0 fully saturated rings. The number of benzene rings is 1. The third-order valence-electron chi connectivity index (χ3n) is 4.10. The van der Waals surface area contributed by atoms with Crippen molar-refractivity contribution in [1.82, 2.24) is 14.5 Å². The first-order valence-electron chi connectivity index (χ1n) is 7.20. The number of hydrogen-bond acceptors (Lipinski definition) is 4. The minimum absolute atomic E-state index is 0.0404. The van der Waals surface area contributed by atoms with E-state index in [1.165, 1.54) is 17.1 Å². The van der Waals surface area contributed by atoms with Crippen molar-refractivity contribution in [1.29, 1.82) is 0 Å². The van der Waals surface area contributed by atoms with Crippen LogP contribution in [-0.4, -0.2) is 29.8 Å². The molecule has 0 bridgehead atoms. The van der Waals surface area contributed by atoms with Crippen molar-refractivity contribution in [2.24, 2.45) is 7.05 Å². The van der Waals surface area contributed by atoms with Crippen LogP contribution >= 0.6 is 0 Å². The van der Waals surface area contributed by atoms with E-state index in [1.807, 2.05) is 24.3 Å². The topological polar surface area (TPSA) is 84.2 Å². The van der Waals surface area contributed by atoms with Crippen LogP contribution in [0.4, 0.5) is 0 Å². The highest BCUT2D eigenvalue weighted by Crippen LogP contribution is 2.34. The van der Waals surface area contributed by atoms with Gasteiger partial charge in [0.25, 0.3) is 0 Å². The van der Waals surface area contributed by atoms with Gasteiger partial charge in [-0.15, -0.1) is 0 Å². The van der Waals surface area contributed by atoms with E-state index in [1.54, 1.807) is 7.05 Å². The first-order valence-corrected chi connectivity index (χ1v) is 8.68. The Morgan fingerprint density at radius 2 is 2.18 bits per heavy atom. The van der Waals surface area contributed by atoms with E-state index in [9.17, 15) is 13.5 Å². The summed E-state index contributed by atoms with van der Waals surface area (Å²) >= 11 is 0. The Hall–Kier alpha value is -1.70. The van der Waals surface area contributed by atoms with Gasteiger partial charge in [-0.25, -0.2) is 13.1 Å². The highest BCUT2D eigenvalue weighted by atomic mass is 32.2. The van der Waals surface area contributed by atoms with Gasteiger partial charge in [-0.1, -0.05) is 24.3 Å². The average Bonchev–Trinajstić information content (AvgIpc) is 2.94. The zero-order chi connectivity index (χ0) is 15.8. The molecule has 1 unspecified atom stereocenters. The van der Waals surface area contributed by atoms with Crippen molar-refractivity contribution in [2.75, 3.05) is 6.54 Å². The predicted molar refractivity (Wildman–Crippen MR) is 81.7 cm³/mol. The summed E-state index contributed by atoms with van der Waals surface area (Å²) in [5.74, 6) is 0. The molecule has 1 aliphatic carbocycles. The smallest absolute Gasteiger partial charge is 0.243 e. The Morgan fingerprint density at radius 1 is 1.41 bits per heavy atom. The summed E-state index contributed by atoms with van der Waals surface area (Å²) in [6.45, 7) is -0.0404. The molecule has 22 heavy (non-hydrogen) atoms. The summed E-state index contributed by atoms with van der Waals surface area (Å²) in [5.41, 5.74) is 0.733. The molecule has 6 nitrogen and oxygen atoms in total. The molecule has 0 saturated carbocycles. The van der Waals surface area contributed by atoms with Gasteiger partial charge in [0.15, 0.2) is 0 Å². The minimum atomic E-state index is -3.67. The van der Waals surface area contributed by atoms with Crippen molar-refractivity contribution < 1.29 is 13.5 Å². The molecule has 1 aromatic heterocycles. The molecule has 0 amide bonds. The monoisotopic (exact) mass is 321 g/mol. The molecule has 1 heterocycles. The fourth-order valence-corrected chi connectivity index (χ4v) is 3.99. The fourth-order valence-electron chi connectivity index (χ4n) is 2.92. The maximum atomic E-state index is 12.3. The van der Waals surface area contributed by atoms with Crippen LogP contribution in [0, 0.1) is 0 Å². The standard InChI is InChI=1S/C15H19N3O3S/c1-18-10-13(9-16-18)22(20,21)17-11-15(19)8-4-6-12-5-2-3-7-14(12)15/h2-3,5,7,9-10,17,19H,4,6,8,11H2,1H3. The van der Waals surface area contributed by atoms with Crippen molar-refractivity contribution in [3.8, 4) is 0 Å². The number of hydrogen-bond donors (Lipinski definition) is 2. The van der Waals surface area contributed by atoms with E-state index >= 15 is 0 Å². The highest BCUT2D eigenvalue weighted by molar-refractivity contribution is 7.89. The molecule has 118 valence electrons. The molecule has 1 atom stereocenters. The van der Waals surface area contributed by atoms with E-state index in [2.05, 4.69) is 9.82 Å². The average molecular weight is 321 g/mol. The maximum absolute atomic E-state index is 12.3. The summed E-state index contributed by atoms with van der Waals surface area (Å²) in [5, 5.41) is 14.8. The van der Waals surface area contributed by atoms with Gasteiger partial charge < -0.3 is 5.11 Å². The Kier molecular flexibility index (Phi) is 3.80. The van der Waals surface area contributed by atoms with Gasteiger partial charge in [-0.05, 0) is 30.4 Å². The molecule has 0 aliphatic heterocycles. The largest absolute Gasteiger partial charge is 0.384 e. The maximum Gasteiger partial charge on any atom is 0.243 e. The number of nitrogens with one attached hydrogen (secondary N) is 1. The quantitative estimate of drug-likeness (QED) is 0.877. The number of rotatable bonds is 4. The van der Waals surface area contributed by atoms with Crippen LogP contribution in [0.3, 0.4) is 0 Å². The normalized spacial score (nSPS) is 21.5. The first-order chi connectivity index (χ1) is 10.4. The lowest BCUT2D eigenvalue weighted by Gasteiger charge is -2.34. The summed E-state index contributed by atoms with van der Waals surface area (Å²) in [6.07, 6.45) is 5.01. The SMILES string of the molecule is Cn1cc(S(=O)(=O)NCC2(O)CCCc3ccccc32)cn1. The lowest BCUT2D eigenvalue weighted by Crippen LogP contribution is -2.42. The number of nitrogens with zero attached hydrogens (tertiary/aromatic N) is 2. The van der Waals surface area contributed by atoms with E-state index in [4.69, 9.17) is 0 Å². The van der Waals surface area contributed by atoms with Crippen LogP contribution in [0.5, 0.6) is 0 Å². The van der Waals surface area contributed by atoms with Crippen LogP contribution in [0.15, 0.2) is 41.6 Å². The molecular formula is C15H19N3O3S. The van der Waals surface area contributed by atoms with Crippen LogP contribution in [0.2, 0.25) is 0 Å². The van der Waals surface area contributed by atoms with Gasteiger partial charge in [0.05, 0.1) is 6.20 Å². The number of aromatic nitrogens is 2. The second-order valence-corrected chi connectivity index (χ2v) is 7.48. The van der Waals surface area contributed by atoms with Gasteiger partial charge in [0.2, 0.25) is 10.0 Å². The Bertz CT molecular complexity index is 785. The van der Waals surface area contributed by atoms with Crippen molar-refractivity contribution in [3.63, 3.8) is 0 Å². The van der Waals surface area contributed by atoms with Gasteiger partial charge in [0.1, 0.15) is 10.5 Å². The Morgan fingerprint density at radius 3 is 2.91 bits per heavy atom. The van der Waals surface area contributed by atoms with Gasteiger partial charge in [-0.2, -0.15) is 5.10 Å². The molecule has 3 rings (SSSR count). The predicted octanol–water partition coefficient (Wildman–Crippen LogP) is 0.922. The van der Waals surface area contributed by atoms with Crippen molar-refractivity contribution in [2.45, 2.75) is 29.8 Å². The fraction of sp³-hybridized carbons (Fsp3) is 0.400.